The average molecular weight is 285 g/mol. The number of fused-ring (bicyclic) bond motifs is 2. The third kappa shape index (κ3) is 2.10. The minimum Gasteiger partial charge on any atom is -0.396 e. The number of hydrogen-bond donors (Lipinski definition) is 2. The maximum absolute atomic E-state index is 12.5. The quantitative estimate of drug-likeness (QED) is 0.891. The van der Waals surface area contributed by atoms with E-state index in [1.165, 1.54) is 17.5 Å². The average Bonchev–Trinajstić information content (AvgIpc) is 3.42. The molecule has 4 rings (SSSR count). The lowest BCUT2D eigenvalue weighted by Gasteiger charge is -2.26. The Morgan fingerprint density at radius 1 is 1.29 bits per heavy atom. The second kappa shape index (κ2) is 4.57. The summed E-state index contributed by atoms with van der Waals surface area (Å²) < 4.78 is 0. The van der Waals surface area contributed by atoms with E-state index in [2.05, 4.69) is 29.6 Å². The molecule has 21 heavy (non-hydrogen) atoms. The van der Waals surface area contributed by atoms with Crippen LogP contribution in [-0.2, 0) is 16.6 Å². The fraction of sp³-hybridized carbons (Fsp3) is 0.611. The lowest BCUT2D eigenvalue weighted by Crippen LogP contribution is -2.35. The van der Waals surface area contributed by atoms with Crippen LogP contribution in [0.3, 0.4) is 0 Å². The minimum absolute atomic E-state index is 0.00217. The zero-order valence-corrected chi connectivity index (χ0v) is 12.4. The molecule has 0 bridgehead atoms. The molecule has 112 valence electrons. The molecule has 1 aromatic carbocycles. The highest BCUT2D eigenvalue weighted by molar-refractivity contribution is 5.84. The Kier molecular flexibility index (Phi) is 2.90. The van der Waals surface area contributed by atoms with Gasteiger partial charge in [0.25, 0.3) is 0 Å². The first-order valence-corrected chi connectivity index (χ1v) is 8.16. The summed E-state index contributed by atoms with van der Waals surface area (Å²) >= 11 is 0. The van der Waals surface area contributed by atoms with Crippen LogP contribution in [0, 0.1) is 11.3 Å². The summed E-state index contributed by atoms with van der Waals surface area (Å²) in [6.45, 7) is 0.850. The smallest absolute Gasteiger partial charge is 0.224 e. The van der Waals surface area contributed by atoms with Gasteiger partial charge in [-0.2, -0.15) is 0 Å². The van der Waals surface area contributed by atoms with Gasteiger partial charge in [-0.1, -0.05) is 24.3 Å². The zero-order valence-electron chi connectivity index (χ0n) is 12.4. The third-order valence-corrected chi connectivity index (χ3v) is 5.94. The van der Waals surface area contributed by atoms with E-state index in [0.717, 1.165) is 32.1 Å². The van der Waals surface area contributed by atoms with Crippen molar-refractivity contribution in [2.75, 3.05) is 13.2 Å². The second-order valence-electron chi connectivity index (χ2n) is 7.30. The number of amides is 1. The van der Waals surface area contributed by atoms with Gasteiger partial charge in [-0.15, -0.1) is 0 Å². The van der Waals surface area contributed by atoms with Crippen molar-refractivity contribution in [1.29, 1.82) is 0 Å². The molecule has 0 radical (unpaired) electrons. The van der Waals surface area contributed by atoms with Crippen molar-refractivity contribution in [3.63, 3.8) is 0 Å². The third-order valence-electron chi connectivity index (χ3n) is 5.94. The molecule has 3 aliphatic carbocycles. The van der Waals surface area contributed by atoms with Crippen LogP contribution >= 0.6 is 0 Å². The molecule has 3 nitrogen and oxygen atoms in total. The first-order valence-electron chi connectivity index (χ1n) is 8.16. The minimum atomic E-state index is 0.00217. The van der Waals surface area contributed by atoms with Crippen LogP contribution in [0.15, 0.2) is 24.3 Å². The Hall–Kier alpha value is -1.35. The number of carbonyl (C=O) groups excluding carboxylic acids is 1. The van der Waals surface area contributed by atoms with E-state index < -0.39 is 0 Å². The van der Waals surface area contributed by atoms with Gasteiger partial charge in [-0.25, -0.2) is 0 Å². The monoisotopic (exact) mass is 285 g/mol. The van der Waals surface area contributed by atoms with Gasteiger partial charge in [0.1, 0.15) is 0 Å². The summed E-state index contributed by atoms with van der Waals surface area (Å²) in [6, 6.07) is 8.64. The standard InChI is InChI=1S/C18H23NO2/c20-12-17(8-9-17)11-19-16(21)15-10-18(15)7-3-5-13-4-1-2-6-14(13)18/h1-2,4,6,15,20H,3,5,7-12H2,(H,19,21). The molecule has 2 unspecified atom stereocenters. The fourth-order valence-corrected chi connectivity index (χ4v) is 4.14. The molecule has 0 aliphatic heterocycles. The number of carbonyl (C=O) groups is 1. The van der Waals surface area contributed by atoms with Gasteiger partial charge in [0.05, 0.1) is 6.61 Å². The Labute approximate surface area is 125 Å². The molecular formula is C18H23NO2. The highest BCUT2D eigenvalue weighted by Gasteiger charge is 2.60. The molecule has 0 heterocycles. The van der Waals surface area contributed by atoms with E-state index in [-0.39, 0.29) is 29.3 Å². The maximum atomic E-state index is 12.5. The predicted octanol–water partition coefficient (Wildman–Crippen LogP) is 2.17. The molecular weight excluding hydrogens is 262 g/mol. The lowest BCUT2D eigenvalue weighted by molar-refractivity contribution is -0.123. The van der Waals surface area contributed by atoms with Gasteiger partial charge >= 0.3 is 0 Å². The van der Waals surface area contributed by atoms with Gasteiger partial charge in [0, 0.05) is 23.3 Å². The summed E-state index contributed by atoms with van der Waals surface area (Å²) in [5.74, 6) is 0.347. The zero-order chi connectivity index (χ0) is 14.5. The fourth-order valence-electron chi connectivity index (χ4n) is 4.14. The van der Waals surface area contributed by atoms with E-state index in [9.17, 15) is 9.90 Å². The lowest BCUT2D eigenvalue weighted by atomic mass is 9.78. The summed E-state index contributed by atoms with van der Waals surface area (Å²) in [6.07, 6.45) is 6.58. The highest BCUT2D eigenvalue weighted by Crippen LogP contribution is 2.60. The van der Waals surface area contributed by atoms with Gasteiger partial charge < -0.3 is 10.4 Å². The molecule has 1 aromatic rings. The molecule has 2 fully saturated rings. The Bertz CT molecular complexity index is 578. The molecule has 1 spiro atoms. The summed E-state index contributed by atoms with van der Waals surface area (Å²) in [4.78, 5) is 12.5. The first kappa shape index (κ1) is 13.3. The SMILES string of the molecule is O=C(NCC1(CO)CC1)C1CC12CCCc1ccccc12. The summed E-state index contributed by atoms with van der Waals surface area (Å²) in [5, 5.41) is 12.4. The van der Waals surface area contributed by atoms with Gasteiger partial charge in [-0.05, 0) is 49.7 Å². The van der Waals surface area contributed by atoms with E-state index in [0.29, 0.717) is 6.54 Å². The van der Waals surface area contributed by atoms with Gasteiger partial charge in [0.2, 0.25) is 5.91 Å². The van der Waals surface area contributed by atoms with Crippen molar-refractivity contribution in [2.24, 2.45) is 11.3 Å². The summed E-state index contributed by atoms with van der Waals surface area (Å²) in [5.41, 5.74) is 2.98. The topological polar surface area (TPSA) is 49.3 Å². The number of rotatable bonds is 4. The first-order chi connectivity index (χ1) is 10.2. The number of benzene rings is 1. The van der Waals surface area contributed by atoms with Crippen LogP contribution in [-0.4, -0.2) is 24.2 Å². The van der Waals surface area contributed by atoms with Crippen molar-refractivity contribution >= 4 is 5.91 Å². The number of aliphatic hydroxyl groups is 1. The van der Waals surface area contributed by atoms with Crippen LogP contribution in [0.4, 0.5) is 0 Å². The molecule has 2 N–H and O–H groups in total. The number of nitrogens with one attached hydrogen (secondary N) is 1. The van der Waals surface area contributed by atoms with Gasteiger partial charge in [0.15, 0.2) is 0 Å². The summed E-state index contributed by atoms with van der Waals surface area (Å²) in [7, 11) is 0. The van der Waals surface area contributed by atoms with E-state index >= 15 is 0 Å². The number of aryl methyl sites for hydroxylation is 1. The highest BCUT2D eigenvalue weighted by atomic mass is 16.3. The van der Waals surface area contributed by atoms with Gasteiger partial charge in [-0.3, -0.25) is 4.79 Å². The van der Waals surface area contributed by atoms with Crippen molar-refractivity contribution in [1.82, 2.24) is 5.32 Å². The van der Waals surface area contributed by atoms with E-state index in [4.69, 9.17) is 0 Å². The number of aliphatic hydroxyl groups excluding tert-OH is 1. The molecule has 3 aliphatic rings. The van der Waals surface area contributed by atoms with Crippen molar-refractivity contribution in [3.05, 3.63) is 35.4 Å². The Balaban J connectivity index is 1.46. The predicted molar refractivity (Wildman–Crippen MR) is 80.9 cm³/mol. The molecule has 2 saturated carbocycles. The van der Waals surface area contributed by atoms with Crippen LogP contribution in [0.25, 0.3) is 0 Å². The van der Waals surface area contributed by atoms with Crippen molar-refractivity contribution in [2.45, 2.75) is 43.9 Å². The normalized spacial score (nSPS) is 31.6. The Morgan fingerprint density at radius 2 is 2.10 bits per heavy atom. The van der Waals surface area contributed by atoms with E-state index in [1.54, 1.807) is 0 Å². The number of hydrogen-bond acceptors (Lipinski definition) is 2. The largest absolute Gasteiger partial charge is 0.396 e. The van der Waals surface area contributed by atoms with Crippen molar-refractivity contribution < 1.29 is 9.90 Å². The molecule has 0 aromatic heterocycles. The van der Waals surface area contributed by atoms with Crippen LogP contribution in [0.1, 0.15) is 43.2 Å². The van der Waals surface area contributed by atoms with Crippen molar-refractivity contribution in [3.8, 4) is 0 Å². The molecule has 2 atom stereocenters. The molecule has 3 heteroatoms. The second-order valence-corrected chi connectivity index (χ2v) is 7.30. The van der Waals surface area contributed by atoms with Crippen LogP contribution in [0.5, 0.6) is 0 Å². The maximum Gasteiger partial charge on any atom is 0.224 e. The molecule has 1 amide bonds. The molecule has 0 saturated heterocycles. The van der Waals surface area contributed by atoms with E-state index in [1.807, 2.05) is 0 Å². The Morgan fingerprint density at radius 3 is 2.86 bits per heavy atom. The van der Waals surface area contributed by atoms with Crippen LogP contribution < -0.4 is 5.32 Å². The van der Waals surface area contributed by atoms with Crippen LogP contribution in [0.2, 0.25) is 0 Å².